The number of pyridine rings is 1. The molecule has 0 atom stereocenters. The molecular weight excluding hydrogens is 262 g/mol. The molecule has 0 aliphatic carbocycles. The highest BCUT2D eigenvalue weighted by Crippen LogP contribution is 2.17. The Labute approximate surface area is 114 Å². The number of carboxylic acid groups (broad SMARTS) is 1. The van der Waals surface area contributed by atoms with Gasteiger partial charge in [0.15, 0.2) is 0 Å². The highest BCUT2D eigenvalue weighted by atomic mass is 16.5. The average molecular weight is 275 g/mol. The van der Waals surface area contributed by atoms with Crippen LogP contribution in [0, 0.1) is 6.92 Å². The lowest BCUT2D eigenvalue weighted by atomic mass is 10.1. The number of amides is 1. The summed E-state index contributed by atoms with van der Waals surface area (Å²) in [5.41, 5.74) is 1.15. The average Bonchev–Trinajstić information content (AvgIpc) is 2.80. The van der Waals surface area contributed by atoms with E-state index in [9.17, 15) is 9.59 Å². The molecule has 0 bridgehead atoms. The van der Waals surface area contributed by atoms with Crippen LogP contribution >= 0.6 is 0 Å². The van der Waals surface area contributed by atoms with Crippen molar-refractivity contribution in [3.8, 4) is 0 Å². The van der Waals surface area contributed by atoms with E-state index in [2.05, 4.69) is 15.5 Å². The SMILES string of the molecule is CCc1noc(C)c1C(=O)Nc1ccnc(C(=O)O)c1. The normalized spacial score (nSPS) is 10.3. The van der Waals surface area contributed by atoms with Crippen LogP contribution in [-0.4, -0.2) is 27.1 Å². The minimum absolute atomic E-state index is 0.138. The molecule has 104 valence electrons. The molecule has 1 amide bonds. The predicted octanol–water partition coefficient (Wildman–Crippen LogP) is 1.89. The first-order valence-electron chi connectivity index (χ1n) is 5.98. The lowest BCUT2D eigenvalue weighted by Gasteiger charge is -2.05. The smallest absolute Gasteiger partial charge is 0.354 e. The highest BCUT2D eigenvalue weighted by Gasteiger charge is 2.19. The second-order valence-corrected chi connectivity index (χ2v) is 4.10. The summed E-state index contributed by atoms with van der Waals surface area (Å²) in [6, 6.07) is 2.80. The Morgan fingerprint density at radius 1 is 1.45 bits per heavy atom. The Morgan fingerprint density at radius 3 is 2.85 bits per heavy atom. The van der Waals surface area contributed by atoms with Gasteiger partial charge in [0.2, 0.25) is 0 Å². The highest BCUT2D eigenvalue weighted by molar-refractivity contribution is 6.06. The van der Waals surface area contributed by atoms with Crippen molar-refractivity contribution in [1.29, 1.82) is 0 Å². The minimum Gasteiger partial charge on any atom is -0.477 e. The number of aryl methyl sites for hydroxylation is 2. The van der Waals surface area contributed by atoms with E-state index in [1.54, 1.807) is 6.92 Å². The van der Waals surface area contributed by atoms with Crippen molar-refractivity contribution in [1.82, 2.24) is 10.1 Å². The third-order valence-corrected chi connectivity index (χ3v) is 2.73. The van der Waals surface area contributed by atoms with Gasteiger partial charge in [0, 0.05) is 11.9 Å². The van der Waals surface area contributed by atoms with Crippen molar-refractivity contribution >= 4 is 17.6 Å². The molecule has 2 rings (SSSR count). The molecule has 0 aliphatic heterocycles. The van der Waals surface area contributed by atoms with Gasteiger partial charge < -0.3 is 14.9 Å². The van der Waals surface area contributed by atoms with Crippen LogP contribution in [0.3, 0.4) is 0 Å². The minimum atomic E-state index is -1.16. The van der Waals surface area contributed by atoms with Crippen molar-refractivity contribution in [2.45, 2.75) is 20.3 Å². The van der Waals surface area contributed by atoms with E-state index in [-0.39, 0.29) is 11.6 Å². The topological polar surface area (TPSA) is 105 Å². The van der Waals surface area contributed by atoms with Gasteiger partial charge in [0.05, 0.1) is 5.69 Å². The molecule has 2 aromatic rings. The van der Waals surface area contributed by atoms with Crippen LogP contribution in [-0.2, 0) is 6.42 Å². The number of nitrogens with one attached hydrogen (secondary N) is 1. The van der Waals surface area contributed by atoms with E-state index >= 15 is 0 Å². The van der Waals surface area contributed by atoms with E-state index < -0.39 is 5.97 Å². The van der Waals surface area contributed by atoms with Gasteiger partial charge in [-0.1, -0.05) is 12.1 Å². The van der Waals surface area contributed by atoms with E-state index in [1.165, 1.54) is 18.3 Å². The van der Waals surface area contributed by atoms with Crippen LogP contribution in [0.2, 0.25) is 0 Å². The molecule has 0 saturated carbocycles. The Morgan fingerprint density at radius 2 is 2.20 bits per heavy atom. The standard InChI is InChI=1S/C13H13N3O4/c1-3-9-11(7(2)20-16-9)12(17)15-8-4-5-14-10(6-8)13(18)19/h4-6H,3H2,1-2H3,(H,18,19)(H,14,15,17). The van der Waals surface area contributed by atoms with Gasteiger partial charge in [-0.25, -0.2) is 9.78 Å². The maximum atomic E-state index is 12.2. The lowest BCUT2D eigenvalue weighted by Crippen LogP contribution is -2.15. The number of aromatic nitrogens is 2. The second kappa shape index (κ2) is 5.52. The summed E-state index contributed by atoms with van der Waals surface area (Å²) in [5, 5.41) is 15.3. The Balaban J connectivity index is 2.25. The van der Waals surface area contributed by atoms with Crippen molar-refractivity contribution in [2.75, 3.05) is 5.32 Å². The van der Waals surface area contributed by atoms with Crippen molar-refractivity contribution < 1.29 is 19.2 Å². The largest absolute Gasteiger partial charge is 0.477 e. The first kappa shape index (κ1) is 13.7. The van der Waals surface area contributed by atoms with Crippen molar-refractivity contribution in [2.24, 2.45) is 0 Å². The molecule has 20 heavy (non-hydrogen) atoms. The third-order valence-electron chi connectivity index (χ3n) is 2.73. The monoisotopic (exact) mass is 275 g/mol. The number of anilines is 1. The molecule has 0 saturated heterocycles. The zero-order valence-electron chi connectivity index (χ0n) is 11.0. The summed E-state index contributed by atoms with van der Waals surface area (Å²) in [7, 11) is 0. The second-order valence-electron chi connectivity index (χ2n) is 4.10. The summed E-state index contributed by atoms with van der Waals surface area (Å²) in [5.74, 6) is -1.12. The molecule has 2 N–H and O–H groups in total. The van der Waals surface area contributed by atoms with Crippen molar-refractivity contribution in [3.63, 3.8) is 0 Å². The fourth-order valence-corrected chi connectivity index (χ4v) is 1.77. The molecule has 0 aromatic carbocycles. The number of hydrogen-bond donors (Lipinski definition) is 2. The van der Waals surface area contributed by atoms with Crippen LogP contribution in [0.5, 0.6) is 0 Å². The van der Waals surface area contributed by atoms with Crippen molar-refractivity contribution in [3.05, 3.63) is 41.0 Å². The zero-order valence-corrected chi connectivity index (χ0v) is 11.0. The summed E-state index contributed by atoms with van der Waals surface area (Å²) in [4.78, 5) is 26.7. The van der Waals surface area contributed by atoms with Crippen LogP contribution in [0.25, 0.3) is 0 Å². The number of nitrogens with zero attached hydrogens (tertiary/aromatic N) is 2. The Bertz CT molecular complexity index is 663. The number of carbonyl (C=O) groups excluding carboxylic acids is 1. The number of aromatic carboxylic acids is 1. The van der Waals surface area contributed by atoms with Crippen LogP contribution in [0.1, 0.15) is 39.2 Å². The molecule has 2 aromatic heterocycles. The third kappa shape index (κ3) is 2.66. The summed E-state index contributed by atoms with van der Waals surface area (Å²) in [6.45, 7) is 3.51. The fraction of sp³-hybridized carbons (Fsp3) is 0.231. The zero-order chi connectivity index (χ0) is 14.7. The molecule has 7 nitrogen and oxygen atoms in total. The Hall–Kier alpha value is -2.70. The number of rotatable bonds is 4. The molecule has 0 radical (unpaired) electrons. The molecular formula is C13H13N3O4. The predicted molar refractivity (Wildman–Crippen MR) is 69.8 cm³/mol. The Kier molecular flexibility index (Phi) is 3.79. The van der Waals surface area contributed by atoms with Gasteiger partial charge in [-0.05, 0) is 25.5 Å². The first-order chi connectivity index (χ1) is 9.52. The van der Waals surface area contributed by atoms with Gasteiger partial charge in [0.25, 0.3) is 5.91 Å². The van der Waals surface area contributed by atoms with Crippen LogP contribution in [0.4, 0.5) is 5.69 Å². The molecule has 7 heteroatoms. The summed E-state index contributed by atoms with van der Waals surface area (Å²) < 4.78 is 4.99. The van der Waals surface area contributed by atoms with Crippen LogP contribution in [0.15, 0.2) is 22.9 Å². The molecule has 0 spiro atoms. The van der Waals surface area contributed by atoms with Crippen LogP contribution < -0.4 is 5.32 Å². The molecule has 0 unspecified atom stereocenters. The first-order valence-corrected chi connectivity index (χ1v) is 5.98. The van der Waals surface area contributed by atoms with Gasteiger partial charge in [-0.3, -0.25) is 4.79 Å². The van der Waals surface area contributed by atoms with E-state index in [0.717, 1.165) is 0 Å². The van der Waals surface area contributed by atoms with Gasteiger partial charge >= 0.3 is 5.97 Å². The van der Waals surface area contributed by atoms with E-state index in [4.69, 9.17) is 9.63 Å². The maximum absolute atomic E-state index is 12.2. The summed E-state index contributed by atoms with van der Waals surface area (Å²) >= 11 is 0. The fourth-order valence-electron chi connectivity index (χ4n) is 1.77. The number of hydrogen-bond acceptors (Lipinski definition) is 5. The molecule has 0 aliphatic rings. The van der Waals surface area contributed by atoms with Gasteiger partial charge in [0.1, 0.15) is 17.0 Å². The molecule has 0 fully saturated rings. The lowest BCUT2D eigenvalue weighted by molar-refractivity contribution is 0.0690. The van der Waals surface area contributed by atoms with E-state index in [1.807, 2.05) is 6.92 Å². The quantitative estimate of drug-likeness (QED) is 0.882. The molecule has 2 heterocycles. The van der Waals surface area contributed by atoms with Gasteiger partial charge in [-0.15, -0.1) is 0 Å². The maximum Gasteiger partial charge on any atom is 0.354 e. The number of carbonyl (C=O) groups is 2. The number of carboxylic acids is 1. The van der Waals surface area contributed by atoms with Gasteiger partial charge in [-0.2, -0.15) is 0 Å². The van der Waals surface area contributed by atoms with E-state index in [0.29, 0.717) is 29.1 Å². The summed E-state index contributed by atoms with van der Waals surface area (Å²) in [6.07, 6.45) is 1.89.